The van der Waals surface area contributed by atoms with E-state index >= 15 is 0 Å². The van der Waals surface area contributed by atoms with Gasteiger partial charge in [0.15, 0.2) is 0 Å². The van der Waals surface area contributed by atoms with Crippen molar-refractivity contribution in [3.8, 4) is 0 Å². The number of rotatable bonds is 15. The third-order valence-corrected chi connectivity index (χ3v) is 4.63. The van der Waals surface area contributed by atoms with Crippen molar-refractivity contribution >= 4 is 5.97 Å². The van der Waals surface area contributed by atoms with E-state index in [2.05, 4.69) is 11.7 Å². The first-order valence-corrected chi connectivity index (χ1v) is 9.50. The van der Waals surface area contributed by atoms with E-state index in [9.17, 15) is 4.79 Å². The second-order valence-electron chi connectivity index (χ2n) is 6.67. The molecule has 1 saturated heterocycles. The Bertz CT molecular complexity index is 278. The molecule has 3 heteroatoms. The lowest BCUT2D eigenvalue weighted by Gasteiger charge is -2.02. The third kappa shape index (κ3) is 10.2. The molecule has 0 spiro atoms. The Hall–Kier alpha value is -0.570. The van der Waals surface area contributed by atoms with Crippen molar-refractivity contribution in [2.75, 3.05) is 7.11 Å². The SMILES string of the molecule is CCCCCCCCCCCCCC[C@H]1O[C@H]1CC(=O)OC. The molecule has 1 aliphatic heterocycles. The Morgan fingerprint density at radius 1 is 0.818 bits per heavy atom. The number of unbranched alkanes of at least 4 members (excludes halogenated alkanes) is 11. The van der Waals surface area contributed by atoms with E-state index in [4.69, 9.17) is 4.74 Å². The maximum absolute atomic E-state index is 11.1. The van der Waals surface area contributed by atoms with Crippen LogP contribution in [0.15, 0.2) is 0 Å². The first kappa shape index (κ1) is 19.5. The van der Waals surface area contributed by atoms with E-state index in [0.717, 1.165) is 6.42 Å². The van der Waals surface area contributed by atoms with Crippen LogP contribution in [0.3, 0.4) is 0 Å². The number of hydrogen-bond donors (Lipinski definition) is 0. The smallest absolute Gasteiger partial charge is 0.308 e. The van der Waals surface area contributed by atoms with Crippen LogP contribution in [0.25, 0.3) is 0 Å². The summed E-state index contributed by atoms with van der Waals surface area (Å²) in [4.78, 5) is 11.1. The van der Waals surface area contributed by atoms with Gasteiger partial charge in [-0.05, 0) is 6.42 Å². The van der Waals surface area contributed by atoms with Crippen molar-refractivity contribution in [1.82, 2.24) is 0 Å². The molecule has 0 radical (unpaired) electrons. The zero-order valence-corrected chi connectivity index (χ0v) is 14.8. The Balaban J connectivity index is 1.73. The molecular formula is C19H36O3. The highest BCUT2D eigenvalue weighted by Gasteiger charge is 2.39. The van der Waals surface area contributed by atoms with Gasteiger partial charge < -0.3 is 9.47 Å². The maximum atomic E-state index is 11.1. The summed E-state index contributed by atoms with van der Waals surface area (Å²) in [6, 6.07) is 0. The molecule has 0 aromatic rings. The van der Waals surface area contributed by atoms with Crippen molar-refractivity contribution in [3.63, 3.8) is 0 Å². The second kappa shape index (κ2) is 12.9. The van der Waals surface area contributed by atoms with E-state index in [1.165, 1.54) is 84.2 Å². The van der Waals surface area contributed by atoms with Crippen LogP contribution in [-0.4, -0.2) is 25.3 Å². The molecule has 1 fully saturated rings. The first-order chi connectivity index (χ1) is 10.8. The minimum absolute atomic E-state index is 0.139. The van der Waals surface area contributed by atoms with Crippen molar-refractivity contribution in [1.29, 1.82) is 0 Å². The number of epoxide rings is 1. The molecule has 0 aliphatic carbocycles. The molecule has 130 valence electrons. The summed E-state index contributed by atoms with van der Waals surface area (Å²) in [5, 5.41) is 0. The summed E-state index contributed by atoms with van der Waals surface area (Å²) >= 11 is 0. The molecular weight excluding hydrogens is 276 g/mol. The summed E-state index contributed by atoms with van der Waals surface area (Å²) in [6.45, 7) is 2.27. The molecule has 0 N–H and O–H groups in total. The van der Waals surface area contributed by atoms with E-state index < -0.39 is 0 Å². The van der Waals surface area contributed by atoms with Gasteiger partial charge in [0.25, 0.3) is 0 Å². The van der Waals surface area contributed by atoms with Crippen molar-refractivity contribution in [3.05, 3.63) is 0 Å². The van der Waals surface area contributed by atoms with Crippen molar-refractivity contribution in [2.24, 2.45) is 0 Å². The van der Waals surface area contributed by atoms with Crippen LogP contribution in [-0.2, 0) is 14.3 Å². The van der Waals surface area contributed by atoms with Gasteiger partial charge in [-0.2, -0.15) is 0 Å². The predicted molar refractivity (Wildman–Crippen MR) is 91.0 cm³/mol. The largest absolute Gasteiger partial charge is 0.469 e. The highest BCUT2D eigenvalue weighted by Crippen LogP contribution is 2.30. The zero-order chi connectivity index (χ0) is 16.0. The van der Waals surface area contributed by atoms with E-state index in [-0.39, 0.29) is 12.1 Å². The summed E-state index contributed by atoms with van der Waals surface area (Å²) in [7, 11) is 1.44. The summed E-state index contributed by atoms with van der Waals surface area (Å²) in [5.41, 5.74) is 0. The summed E-state index contributed by atoms with van der Waals surface area (Å²) in [5.74, 6) is -0.151. The summed E-state index contributed by atoms with van der Waals surface area (Å²) in [6.07, 6.45) is 18.6. The van der Waals surface area contributed by atoms with Gasteiger partial charge in [0.2, 0.25) is 0 Å². The van der Waals surface area contributed by atoms with Crippen LogP contribution in [0.2, 0.25) is 0 Å². The van der Waals surface area contributed by atoms with E-state index in [1.54, 1.807) is 0 Å². The fourth-order valence-electron chi connectivity index (χ4n) is 3.05. The Kier molecular flexibility index (Phi) is 11.4. The molecule has 0 unspecified atom stereocenters. The molecule has 0 bridgehead atoms. The lowest BCUT2D eigenvalue weighted by molar-refractivity contribution is -0.140. The highest BCUT2D eigenvalue weighted by molar-refractivity contribution is 5.70. The Morgan fingerprint density at radius 2 is 1.32 bits per heavy atom. The fourth-order valence-corrected chi connectivity index (χ4v) is 3.05. The molecule has 1 aliphatic rings. The summed E-state index contributed by atoms with van der Waals surface area (Å²) < 4.78 is 10.1. The first-order valence-electron chi connectivity index (χ1n) is 9.50. The van der Waals surface area contributed by atoms with Crippen LogP contribution in [0.4, 0.5) is 0 Å². The van der Waals surface area contributed by atoms with Crippen LogP contribution in [0.1, 0.15) is 96.8 Å². The monoisotopic (exact) mass is 312 g/mol. The predicted octanol–water partition coefficient (Wildman–Crippen LogP) is 5.41. The molecule has 3 nitrogen and oxygen atoms in total. The number of hydrogen-bond acceptors (Lipinski definition) is 3. The van der Waals surface area contributed by atoms with Crippen LogP contribution < -0.4 is 0 Å². The maximum Gasteiger partial charge on any atom is 0.308 e. The lowest BCUT2D eigenvalue weighted by Crippen LogP contribution is -2.06. The quantitative estimate of drug-likeness (QED) is 0.230. The van der Waals surface area contributed by atoms with Gasteiger partial charge in [0.1, 0.15) is 0 Å². The van der Waals surface area contributed by atoms with E-state index in [0.29, 0.717) is 12.5 Å². The van der Waals surface area contributed by atoms with Crippen molar-refractivity contribution in [2.45, 2.75) is 109 Å². The van der Waals surface area contributed by atoms with E-state index in [1.807, 2.05) is 0 Å². The Labute approximate surface area is 137 Å². The normalized spacial score (nSPS) is 20.1. The average molecular weight is 312 g/mol. The lowest BCUT2D eigenvalue weighted by atomic mass is 10.0. The molecule has 2 atom stereocenters. The highest BCUT2D eigenvalue weighted by atomic mass is 16.6. The zero-order valence-electron chi connectivity index (χ0n) is 14.8. The number of carbonyl (C=O) groups excluding carboxylic acids is 1. The van der Waals surface area contributed by atoms with Gasteiger partial charge in [-0.3, -0.25) is 4.79 Å². The molecule has 1 rings (SSSR count). The standard InChI is InChI=1S/C19H36O3/c1-3-4-5-6-7-8-9-10-11-12-13-14-15-17-18(22-17)16-19(20)21-2/h17-18H,3-16H2,1-2H3/t17-,18+/m1/s1. The van der Waals surface area contributed by atoms with Gasteiger partial charge in [0, 0.05) is 0 Å². The average Bonchev–Trinajstić information content (AvgIpc) is 3.26. The van der Waals surface area contributed by atoms with Crippen LogP contribution in [0, 0.1) is 0 Å². The van der Waals surface area contributed by atoms with Crippen LogP contribution >= 0.6 is 0 Å². The Morgan fingerprint density at radius 3 is 1.82 bits per heavy atom. The molecule has 0 saturated carbocycles. The fraction of sp³-hybridized carbons (Fsp3) is 0.947. The minimum Gasteiger partial charge on any atom is -0.469 e. The molecule has 22 heavy (non-hydrogen) atoms. The molecule has 0 amide bonds. The van der Waals surface area contributed by atoms with Gasteiger partial charge >= 0.3 is 5.97 Å². The number of esters is 1. The minimum atomic E-state index is -0.151. The van der Waals surface area contributed by atoms with Crippen molar-refractivity contribution < 1.29 is 14.3 Å². The second-order valence-corrected chi connectivity index (χ2v) is 6.67. The third-order valence-electron chi connectivity index (χ3n) is 4.63. The number of ether oxygens (including phenoxy) is 2. The van der Waals surface area contributed by atoms with Gasteiger partial charge in [0.05, 0.1) is 25.7 Å². The molecule has 1 heterocycles. The topological polar surface area (TPSA) is 38.8 Å². The van der Waals surface area contributed by atoms with Gasteiger partial charge in [-0.1, -0.05) is 84.0 Å². The molecule has 0 aromatic carbocycles. The van der Waals surface area contributed by atoms with Gasteiger partial charge in [-0.15, -0.1) is 0 Å². The van der Waals surface area contributed by atoms with Crippen LogP contribution in [0.5, 0.6) is 0 Å². The molecule has 0 aromatic heterocycles. The number of methoxy groups -OCH3 is 1. The van der Waals surface area contributed by atoms with Gasteiger partial charge in [-0.25, -0.2) is 0 Å². The number of carbonyl (C=O) groups is 1.